The molecule has 0 aliphatic carbocycles. The van der Waals surface area contributed by atoms with Gasteiger partial charge >= 0.3 is 0 Å². The van der Waals surface area contributed by atoms with Gasteiger partial charge in [-0.05, 0) is 47.4 Å². The maximum atomic E-state index is 13.7. The van der Waals surface area contributed by atoms with Crippen LogP contribution < -0.4 is 4.72 Å². The molecule has 0 saturated heterocycles. The van der Waals surface area contributed by atoms with Crippen molar-refractivity contribution in [3.8, 4) is 0 Å². The SMILES string of the molecule is C=C/C(=C(\SCc1ccccc1)S(=O)(=O)NC(=O)c1ccccc1)c1ccc(Cn2c(CC)nc3c(C)cccc32)cc1. The third-order valence-electron chi connectivity index (χ3n) is 7.13. The monoisotopic (exact) mass is 607 g/mol. The van der Waals surface area contributed by atoms with Crippen LogP contribution in [-0.2, 0) is 28.7 Å². The molecule has 218 valence electrons. The lowest BCUT2D eigenvalue weighted by Gasteiger charge is -2.15. The molecular formula is C35H33N3O3S2. The molecule has 6 nitrogen and oxygen atoms in total. The van der Waals surface area contributed by atoms with Crippen LogP contribution in [0.1, 0.15) is 45.4 Å². The predicted molar refractivity (Wildman–Crippen MR) is 177 cm³/mol. The topological polar surface area (TPSA) is 81.1 Å². The fourth-order valence-electron chi connectivity index (χ4n) is 4.91. The molecule has 0 radical (unpaired) electrons. The number of allylic oxidation sites excluding steroid dienone is 2. The number of nitrogens with one attached hydrogen (secondary N) is 1. The van der Waals surface area contributed by atoms with Crippen LogP contribution in [0.25, 0.3) is 16.6 Å². The maximum absolute atomic E-state index is 13.7. The lowest BCUT2D eigenvalue weighted by molar-refractivity contribution is 0.0982. The number of sulfonamides is 1. The molecule has 0 bridgehead atoms. The van der Waals surface area contributed by atoms with E-state index in [2.05, 4.69) is 41.8 Å². The molecule has 43 heavy (non-hydrogen) atoms. The van der Waals surface area contributed by atoms with Crippen LogP contribution in [0.4, 0.5) is 0 Å². The number of amides is 1. The number of aryl methyl sites for hydroxylation is 2. The molecule has 5 rings (SSSR count). The second-order valence-electron chi connectivity index (χ2n) is 10.1. The fourth-order valence-corrected chi connectivity index (χ4v) is 7.63. The normalized spacial score (nSPS) is 12.1. The third kappa shape index (κ3) is 6.82. The lowest BCUT2D eigenvalue weighted by Crippen LogP contribution is -2.31. The van der Waals surface area contributed by atoms with E-state index in [-0.39, 0.29) is 9.80 Å². The summed E-state index contributed by atoms with van der Waals surface area (Å²) in [6.07, 6.45) is 2.35. The van der Waals surface area contributed by atoms with Gasteiger partial charge in [-0.25, -0.2) is 18.1 Å². The van der Waals surface area contributed by atoms with E-state index >= 15 is 0 Å². The standard InChI is InChI=1S/C35H33N3O3S2/c1-4-30(28-21-19-26(20-22-28)23-38-31-18-12-13-25(3)33(31)36-32(38)5-2)35(42-24-27-14-8-6-9-15-27)43(40,41)37-34(39)29-16-10-7-11-17-29/h4,6-22H,1,5,23-24H2,2-3H3,(H,37,39)/b35-30-. The Balaban J connectivity index is 1.49. The van der Waals surface area contributed by atoms with E-state index in [0.29, 0.717) is 23.4 Å². The van der Waals surface area contributed by atoms with Crippen LogP contribution in [0, 0.1) is 6.92 Å². The van der Waals surface area contributed by atoms with E-state index in [4.69, 9.17) is 4.98 Å². The van der Waals surface area contributed by atoms with Gasteiger partial charge in [-0.3, -0.25) is 4.79 Å². The van der Waals surface area contributed by atoms with E-state index in [0.717, 1.165) is 51.7 Å². The number of carbonyl (C=O) groups is 1. The van der Waals surface area contributed by atoms with Crippen LogP contribution in [0.2, 0.25) is 0 Å². The average Bonchev–Trinajstić information content (AvgIpc) is 3.39. The first-order valence-corrected chi connectivity index (χ1v) is 16.5. The maximum Gasteiger partial charge on any atom is 0.271 e. The van der Waals surface area contributed by atoms with Gasteiger partial charge in [-0.2, -0.15) is 0 Å². The summed E-state index contributed by atoms with van der Waals surface area (Å²) in [5, 5.41) is 0. The highest BCUT2D eigenvalue weighted by Crippen LogP contribution is 2.34. The van der Waals surface area contributed by atoms with Crippen LogP contribution in [0.15, 0.2) is 120 Å². The summed E-state index contributed by atoms with van der Waals surface area (Å²) in [5.41, 5.74) is 6.64. The molecular weight excluding hydrogens is 575 g/mol. The number of thioether (sulfide) groups is 1. The Morgan fingerprint density at radius 1 is 0.884 bits per heavy atom. The number of aromatic nitrogens is 2. The molecule has 1 N–H and O–H groups in total. The van der Waals surface area contributed by atoms with E-state index in [1.165, 1.54) is 6.08 Å². The summed E-state index contributed by atoms with van der Waals surface area (Å²) in [6, 6.07) is 31.9. The number of hydrogen-bond acceptors (Lipinski definition) is 5. The van der Waals surface area contributed by atoms with Gasteiger partial charge in [0, 0.05) is 29.9 Å². The van der Waals surface area contributed by atoms with Gasteiger partial charge in [0.25, 0.3) is 15.9 Å². The second-order valence-corrected chi connectivity index (χ2v) is 13.0. The van der Waals surface area contributed by atoms with Crippen molar-refractivity contribution in [1.82, 2.24) is 14.3 Å². The van der Waals surface area contributed by atoms with Crippen molar-refractivity contribution in [1.29, 1.82) is 0 Å². The molecule has 0 saturated carbocycles. The van der Waals surface area contributed by atoms with Gasteiger partial charge in [0.15, 0.2) is 0 Å². The largest absolute Gasteiger partial charge is 0.323 e. The Hall–Kier alpha value is -4.40. The van der Waals surface area contributed by atoms with Gasteiger partial charge in [0.05, 0.1) is 11.0 Å². The minimum atomic E-state index is -4.23. The van der Waals surface area contributed by atoms with Crippen molar-refractivity contribution in [2.75, 3.05) is 0 Å². The average molecular weight is 608 g/mol. The van der Waals surface area contributed by atoms with Gasteiger partial charge in [0.2, 0.25) is 0 Å². The van der Waals surface area contributed by atoms with Gasteiger partial charge in [-0.15, -0.1) is 11.8 Å². The number of nitrogens with zero attached hydrogens (tertiary/aromatic N) is 2. The summed E-state index contributed by atoms with van der Waals surface area (Å²) in [4.78, 5) is 17.8. The molecule has 0 fully saturated rings. The molecule has 5 aromatic rings. The molecule has 4 aromatic carbocycles. The summed E-state index contributed by atoms with van der Waals surface area (Å²) in [7, 11) is -4.23. The quantitative estimate of drug-likeness (QED) is 0.157. The van der Waals surface area contributed by atoms with Crippen LogP contribution >= 0.6 is 11.8 Å². The number of fused-ring (bicyclic) bond motifs is 1. The zero-order chi connectivity index (χ0) is 30.4. The Labute approximate surface area is 257 Å². The molecule has 0 aliphatic rings. The Morgan fingerprint density at radius 2 is 1.56 bits per heavy atom. The summed E-state index contributed by atoms with van der Waals surface area (Å²) >= 11 is 1.16. The number of para-hydroxylation sites is 1. The highest BCUT2D eigenvalue weighted by Gasteiger charge is 2.26. The van der Waals surface area contributed by atoms with Gasteiger partial charge < -0.3 is 4.57 Å². The van der Waals surface area contributed by atoms with Crippen molar-refractivity contribution in [2.24, 2.45) is 0 Å². The Morgan fingerprint density at radius 3 is 2.21 bits per heavy atom. The summed E-state index contributed by atoms with van der Waals surface area (Å²) < 4.78 is 32.0. The highest BCUT2D eigenvalue weighted by molar-refractivity contribution is 8.18. The van der Waals surface area contributed by atoms with Gasteiger partial charge in [-0.1, -0.05) is 105 Å². The Bertz CT molecular complexity index is 1900. The van der Waals surface area contributed by atoms with E-state index < -0.39 is 15.9 Å². The molecule has 0 spiro atoms. The predicted octanol–water partition coefficient (Wildman–Crippen LogP) is 7.50. The number of rotatable bonds is 11. The number of imidazole rings is 1. The minimum Gasteiger partial charge on any atom is -0.323 e. The van der Waals surface area contributed by atoms with Crippen molar-refractivity contribution in [3.05, 3.63) is 154 Å². The first kappa shape index (κ1) is 30.1. The van der Waals surface area contributed by atoms with E-state index in [1.807, 2.05) is 60.7 Å². The lowest BCUT2D eigenvalue weighted by atomic mass is 10.1. The molecule has 0 unspecified atom stereocenters. The number of carbonyl (C=O) groups excluding carboxylic acids is 1. The zero-order valence-electron chi connectivity index (χ0n) is 24.2. The molecule has 0 atom stereocenters. The van der Waals surface area contributed by atoms with E-state index in [1.54, 1.807) is 30.3 Å². The summed E-state index contributed by atoms with van der Waals surface area (Å²) in [5.74, 6) is 0.727. The van der Waals surface area contributed by atoms with Crippen LogP contribution in [0.3, 0.4) is 0 Å². The van der Waals surface area contributed by atoms with Crippen LogP contribution in [0.5, 0.6) is 0 Å². The first-order chi connectivity index (χ1) is 20.8. The van der Waals surface area contributed by atoms with Crippen molar-refractivity contribution < 1.29 is 13.2 Å². The molecule has 0 aliphatic heterocycles. The fraction of sp³-hybridized carbons (Fsp3) is 0.143. The zero-order valence-corrected chi connectivity index (χ0v) is 25.8. The smallest absolute Gasteiger partial charge is 0.271 e. The second kappa shape index (κ2) is 13.3. The van der Waals surface area contributed by atoms with E-state index in [9.17, 15) is 13.2 Å². The van der Waals surface area contributed by atoms with Crippen molar-refractivity contribution >= 4 is 44.3 Å². The minimum absolute atomic E-state index is 0.0349. The molecule has 1 aromatic heterocycles. The first-order valence-electron chi connectivity index (χ1n) is 14.0. The van der Waals surface area contributed by atoms with Crippen LogP contribution in [-0.4, -0.2) is 23.9 Å². The number of benzene rings is 4. The third-order valence-corrected chi connectivity index (χ3v) is 10.3. The summed E-state index contributed by atoms with van der Waals surface area (Å²) in [6.45, 7) is 8.76. The molecule has 1 heterocycles. The number of hydrogen-bond donors (Lipinski definition) is 1. The molecule has 1 amide bonds. The molecule has 8 heteroatoms. The Kier molecular flexibility index (Phi) is 9.28. The van der Waals surface area contributed by atoms with Crippen molar-refractivity contribution in [3.63, 3.8) is 0 Å². The highest BCUT2D eigenvalue weighted by atomic mass is 32.3. The van der Waals surface area contributed by atoms with Crippen molar-refractivity contribution in [2.45, 2.75) is 32.6 Å². The van der Waals surface area contributed by atoms with Gasteiger partial charge in [0.1, 0.15) is 10.1 Å².